The normalized spacial score (nSPS) is 13.8. The number of ether oxygens (including phenoxy) is 1. The number of rotatable bonds is 5. The molecule has 30 heavy (non-hydrogen) atoms. The Hall–Kier alpha value is -3.80. The number of hydrogen-bond acceptors (Lipinski definition) is 4. The van der Waals surface area contributed by atoms with Crippen LogP contribution in [0.4, 0.5) is 11.6 Å². The highest BCUT2D eigenvalue weighted by Gasteiger charge is 2.29. The summed E-state index contributed by atoms with van der Waals surface area (Å²) in [7, 11) is 0. The first-order valence-corrected chi connectivity index (χ1v) is 10.2. The Morgan fingerprint density at radius 1 is 1.00 bits per heavy atom. The summed E-state index contributed by atoms with van der Waals surface area (Å²) < 4.78 is 8.31. The molecule has 1 aliphatic rings. The third-order valence-electron chi connectivity index (χ3n) is 5.46. The van der Waals surface area contributed by atoms with Crippen LogP contribution < -0.4 is 10.1 Å². The van der Waals surface area contributed by atoms with E-state index in [1.54, 1.807) is 0 Å². The molecule has 0 aliphatic heterocycles. The highest BCUT2D eigenvalue weighted by molar-refractivity contribution is 5.91. The van der Waals surface area contributed by atoms with Crippen molar-refractivity contribution in [2.24, 2.45) is 0 Å². The van der Waals surface area contributed by atoms with Gasteiger partial charge in [0.25, 0.3) is 0 Å². The smallest absolute Gasteiger partial charge is 0.208 e. The molecule has 0 saturated heterocycles. The Bertz CT molecular complexity index is 1360. The molecular weight excluding hydrogens is 374 g/mol. The predicted molar refractivity (Wildman–Crippen MR) is 119 cm³/mol. The number of pyridine rings is 1. The minimum atomic E-state index is 0.485. The molecule has 2 N–H and O–H groups in total. The van der Waals surface area contributed by atoms with E-state index in [-0.39, 0.29) is 0 Å². The Morgan fingerprint density at radius 2 is 1.87 bits per heavy atom. The van der Waals surface area contributed by atoms with Crippen molar-refractivity contribution < 1.29 is 4.74 Å². The van der Waals surface area contributed by atoms with Crippen molar-refractivity contribution in [1.82, 2.24) is 19.5 Å². The number of anilines is 2. The van der Waals surface area contributed by atoms with E-state index >= 15 is 0 Å². The molecule has 6 rings (SSSR count). The van der Waals surface area contributed by atoms with E-state index < -0.39 is 0 Å². The second kappa shape index (κ2) is 6.62. The number of hydrogen-bond donors (Lipinski definition) is 2. The van der Waals surface area contributed by atoms with Crippen molar-refractivity contribution in [3.8, 4) is 11.5 Å². The van der Waals surface area contributed by atoms with Crippen molar-refractivity contribution >= 4 is 33.7 Å². The number of para-hydroxylation sites is 1. The summed E-state index contributed by atoms with van der Waals surface area (Å²) in [6, 6.07) is 20.5. The van der Waals surface area contributed by atoms with Crippen LogP contribution in [0.2, 0.25) is 0 Å². The first-order valence-electron chi connectivity index (χ1n) is 10.2. The molecule has 5 aromatic rings. The standard InChI is InChI=1S/C24H21N5O/c1-15-7-11-19-23(26-15)21(14-25-19)28-24-27-20-13-18(30-17-5-3-2-4-6-17)10-12-22(20)29(24)16-8-9-16/h2-7,10-14,16,25H,8-9H2,1H3,(H,27,28). The van der Waals surface area contributed by atoms with E-state index in [0.29, 0.717) is 6.04 Å². The number of aromatic nitrogens is 4. The molecule has 1 saturated carbocycles. The molecule has 3 heterocycles. The Morgan fingerprint density at radius 3 is 2.70 bits per heavy atom. The lowest BCUT2D eigenvalue weighted by Crippen LogP contribution is -2.02. The van der Waals surface area contributed by atoms with Crippen molar-refractivity contribution in [3.05, 3.63) is 72.6 Å². The number of aryl methyl sites for hydroxylation is 1. The molecule has 0 spiro atoms. The second-order valence-corrected chi connectivity index (χ2v) is 7.78. The number of benzene rings is 2. The van der Waals surface area contributed by atoms with Gasteiger partial charge in [-0.2, -0.15) is 0 Å². The topological polar surface area (TPSA) is 67.8 Å². The lowest BCUT2D eigenvalue weighted by molar-refractivity contribution is 0.483. The minimum Gasteiger partial charge on any atom is -0.457 e. The summed E-state index contributed by atoms with van der Waals surface area (Å²) in [4.78, 5) is 12.9. The first-order chi connectivity index (χ1) is 14.7. The molecule has 3 aromatic heterocycles. The van der Waals surface area contributed by atoms with Crippen molar-refractivity contribution in [1.29, 1.82) is 0 Å². The van der Waals surface area contributed by atoms with Crippen LogP contribution in [0.25, 0.3) is 22.1 Å². The molecule has 6 heteroatoms. The van der Waals surface area contributed by atoms with Gasteiger partial charge in [-0.3, -0.25) is 0 Å². The van der Waals surface area contributed by atoms with Gasteiger partial charge in [-0.15, -0.1) is 0 Å². The third kappa shape index (κ3) is 2.97. The fourth-order valence-corrected chi connectivity index (χ4v) is 3.87. The summed E-state index contributed by atoms with van der Waals surface area (Å²) in [6.45, 7) is 2.00. The molecule has 1 aliphatic carbocycles. The van der Waals surface area contributed by atoms with E-state index in [1.807, 2.05) is 61.7 Å². The summed E-state index contributed by atoms with van der Waals surface area (Å²) in [5, 5.41) is 3.52. The van der Waals surface area contributed by atoms with Gasteiger partial charge in [0.2, 0.25) is 5.95 Å². The van der Waals surface area contributed by atoms with Crippen molar-refractivity contribution in [2.45, 2.75) is 25.8 Å². The summed E-state index contributed by atoms with van der Waals surface area (Å²) in [6.07, 6.45) is 4.30. The molecule has 0 radical (unpaired) electrons. The average molecular weight is 395 g/mol. The molecule has 2 aromatic carbocycles. The lowest BCUT2D eigenvalue weighted by Gasteiger charge is -2.09. The molecule has 0 bridgehead atoms. The zero-order valence-electron chi connectivity index (χ0n) is 16.6. The maximum absolute atomic E-state index is 6.00. The Kier molecular flexibility index (Phi) is 3.77. The fourth-order valence-electron chi connectivity index (χ4n) is 3.87. The van der Waals surface area contributed by atoms with Crippen molar-refractivity contribution in [3.63, 3.8) is 0 Å². The van der Waals surface area contributed by atoms with Crippen molar-refractivity contribution in [2.75, 3.05) is 5.32 Å². The van der Waals surface area contributed by atoms with Gasteiger partial charge >= 0.3 is 0 Å². The number of imidazole rings is 1. The van der Waals surface area contributed by atoms with Gasteiger partial charge in [-0.25, -0.2) is 9.97 Å². The fraction of sp³-hybridized carbons (Fsp3) is 0.167. The van der Waals surface area contributed by atoms with E-state index in [4.69, 9.17) is 9.72 Å². The zero-order chi connectivity index (χ0) is 20.1. The molecule has 0 amide bonds. The number of nitrogens with zero attached hydrogens (tertiary/aromatic N) is 3. The molecule has 0 atom stereocenters. The summed E-state index contributed by atoms with van der Waals surface area (Å²) in [5.41, 5.74) is 5.90. The van der Waals surface area contributed by atoms with Crippen LogP contribution in [-0.4, -0.2) is 19.5 Å². The van der Waals surface area contributed by atoms with Gasteiger partial charge in [-0.05, 0) is 56.2 Å². The quantitative estimate of drug-likeness (QED) is 0.378. The van der Waals surface area contributed by atoms with Crippen LogP contribution in [0.15, 0.2) is 66.9 Å². The third-order valence-corrected chi connectivity index (χ3v) is 5.46. The Balaban J connectivity index is 1.40. The van der Waals surface area contributed by atoms with Gasteiger partial charge in [0.1, 0.15) is 17.0 Å². The minimum absolute atomic E-state index is 0.485. The van der Waals surface area contributed by atoms with Gasteiger partial charge in [0.05, 0.1) is 22.2 Å². The molecular formula is C24H21N5O. The van der Waals surface area contributed by atoms with E-state index in [9.17, 15) is 0 Å². The predicted octanol–water partition coefficient (Wildman–Crippen LogP) is 6.09. The number of fused-ring (bicyclic) bond motifs is 2. The molecule has 0 unspecified atom stereocenters. The average Bonchev–Trinajstić information content (AvgIpc) is 3.43. The maximum atomic E-state index is 6.00. The number of nitrogens with one attached hydrogen (secondary N) is 2. The van der Waals surface area contributed by atoms with Crippen LogP contribution in [-0.2, 0) is 0 Å². The van der Waals surface area contributed by atoms with Crippen LogP contribution >= 0.6 is 0 Å². The van der Waals surface area contributed by atoms with E-state index in [1.165, 1.54) is 12.8 Å². The number of aromatic amines is 1. The van der Waals surface area contributed by atoms with Crippen LogP contribution in [0.3, 0.4) is 0 Å². The summed E-state index contributed by atoms with van der Waals surface area (Å²) in [5.74, 6) is 2.44. The van der Waals surface area contributed by atoms with E-state index in [0.717, 1.165) is 50.9 Å². The van der Waals surface area contributed by atoms with Crippen LogP contribution in [0, 0.1) is 6.92 Å². The van der Waals surface area contributed by atoms with Gasteiger partial charge in [-0.1, -0.05) is 18.2 Å². The van der Waals surface area contributed by atoms with E-state index in [2.05, 4.69) is 32.0 Å². The highest BCUT2D eigenvalue weighted by Crippen LogP contribution is 2.42. The Labute approximate surface area is 173 Å². The van der Waals surface area contributed by atoms with Crippen LogP contribution in [0.5, 0.6) is 11.5 Å². The molecule has 148 valence electrons. The van der Waals surface area contributed by atoms with Crippen LogP contribution in [0.1, 0.15) is 24.6 Å². The SMILES string of the molecule is Cc1ccc2[nH]cc(Nc3nc4cc(Oc5ccccc5)ccc4n3C3CC3)c2n1. The van der Waals surface area contributed by atoms with Gasteiger partial charge in [0.15, 0.2) is 0 Å². The molecule has 6 nitrogen and oxygen atoms in total. The monoisotopic (exact) mass is 395 g/mol. The summed E-state index contributed by atoms with van der Waals surface area (Å²) >= 11 is 0. The highest BCUT2D eigenvalue weighted by atomic mass is 16.5. The van der Waals surface area contributed by atoms with Gasteiger partial charge in [0, 0.05) is 24.0 Å². The maximum Gasteiger partial charge on any atom is 0.208 e. The lowest BCUT2D eigenvalue weighted by atomic mass is 10.3. The van der Waals surface area contributed by atoms with Gasteiger partial charge < -0.3 is 19.6 Å². The largest absolute Gasteiger partial charge is 0.457 e. The first kappa shape index (κ1) is 17.1. The molecule has 1 fully saturated rings. The zero-order valence-corrected chi connectivity index (χ0v) is 16.6. The number of H-pyrrole nitrogens is 1. The second-order valence-electron chi connectivity index (χ2n) is 7.78.